The lowest BCUT2D eigenvalue weighted by Crippen LogP contribution is -2.25. The van der Waals surface area contributed by atoms with Crippen LogP contribution >= 0.6 is 11.8 Å². The summed E-state index contributed by atoms with van der Waals surface area (Å²) in [7, 11) is 0. The van der Waals surface area contributed by atoms with Gasteiger partial charge >= 0.3 is 0 Å². The third kappa shape index (κ3) is 1.50. The largest absolute Gasteiger partial charge is 0.383 e. The molecule has 0 saturated heterocycles. The molecule has 0 atom stereocenters. The molecule has 2 heterocycles. The van der Waals surface area contributed by atoms with Crippen LogP contribution in [-0.4, -0.2) is 15.7 Å². The molecule has 1 fully saturated rings. The van der Waals surface area contributed by atoms with Crippen LogP contribution in [0.4, 0.5) is 5.82 Å². The van der Waals surface area contributed by atoms with E-state index in [0.29, 0.717) is 5.82 Å². The molecule has 1 aliphatic carbocycles. The van der Waals surface area contributed by atoms with Gasteiger partial charge in [-0.2, -0.15) is 11.8 Å². The molecule has 1 saturated carbocycles. The summed E-state index contributed by atoms with van der Waals surface area (Å²) in [6.45, 7) is 0. The molecule has 5 heteroatoms. The first kappa shape index (κ1) is 9.42. The summed E-state index contributed by atoms with van der Waals surface area (Å²) in [5, 5.41) is 0. The van der Waals surface area contributed by atoms with Crippen LogP contribution in [-0.2, 0) is 17.7 Å². The fourth-order valence-corrected chi connectivity index (χ4v) is 2.79. The van der Waals surface area contributed by atoms with Gasteiger partial charge in [-0.05, 0) is 25.0 Å². The molecular weight excluding hydrogens is 208 g/mol. The van der Waals surface area contributed by atoms with Crippen molar-refractivity contribution in [3.05, 3.63) is 17.1 Å². The highest BCUT2D eigenvalue weighted by atomic mass is 32.2. The first-order chi connectivity index (χ1) is 7.19. The Bertz CT molecular complexity index is 414. The summed E-state index contributed by atoms with van der Waals surface area (Å²) in [5.41, 5.74) is 14.0. The maximum absolute atomic E-state index is 6.08. The van der Waals surface area contributed by atoms with E-state index in [1.54, 1.807) is 0 Å². The number of aromatic nitrogens is 2. The second-order valence-electron chi connectivity index (χ2n) is 4.32. The van der Waals surface area contributed by atoms with Crippen molar-refractivity contribution < 1.29 is 0 Å². The zero-order valence-electron chi connectivity index (χ0n) is 8.49. The number of nitrogens with two attached hydrogens (primary N) is 2. The Hall–Kier alpha value is -0.810. The van der Waals surface area contributed by atoms with Crippen LogP contribution in [0.15, 0.2) is 0 Å². The highest BCUT2D eigenvalue weighted by Crippen LogP contribution is 2.42. The van der Waals surface area contributed by atoms with E-state index in [2.05, 4.69) is 9.97 Å². The summed E-state index contributed by atoms with van der Waals surface area (Å²) in [4.78, 5) is 8.92. The number of anilines is 1. The number of rotatable bonds is 1. The van der Waals surface area contributed by atoms with Crippen molar-refractivity contribution in [3.63, 3.8) is 0 Å². The van der Waals surface area contributed by atoms with Crippen LogP contribution in [0.5, 0.6) is 0 Å². The van der Waals surface area contributed by atoms with E-state index in [-0.39, 0.29) is 5.54 Å². The molecule has 2 aliphatic rings. The Morgan fingerprint density at radius 2 is 2.07 bits per heavy atom. The zero-order valence-corrected chi connectivity index (χ0v) is 9.31. The van der Waals surface area contributed by atoms with E-state index in [0.717, 1.165) is 47.8 Å². The summed E-state index contributed by atoms with van der Waals surface area (Å²) < 4.78 is 0. The zero-order chi connectivity index (χ0) is 10.5. The molecule has 0 amide bonds. The van der Waals surface area contributed by atoms with Gasteiger partial charge in [-0.3, -0.25) is 0 Å². The summed E-state index contributed by atoms with van der Waals surface area (Å²) in [6, 6.07) is 0. The standard InChI is InChI=1S/C10H14N4S/c11-8-6-1-4-15-5-7(6)13-9(14-8)10(12)2-3-10/h1-5,12H2,(H2,11,13,14). The van der Waals surface area contributed by atoms with Crippen molar-refractivity contribution in [1.29, 1.82) is 0 Å². The Kier molecular flexibility index (Phi) is 1.94. The van der Waals surface area contributed by atoms with Gasteiger partial charge < -0.3 is 11.5 Å². The van der Waals surface area contributed by atoms with Crippen LogP contribution in [0.3, 0.4) is 0 Å². The fraction of sp³-hybridized carbons (Fsp3) is 0.600. The third-order valence-corrected chi connectivity index (χ3v) is 4.06. The van der Waals surface area contributed by atoms with Crippen molar-refractivity contribution in [2.75, 3.05) is 11.5 Å². The maximum atomic E-state index is 6.08. The van der Waals surface area contributed by atoms with Gasteiger partial charge in [-0.25, -0.2) is 9.97 Å². The van der Waals surface area contributed by atoms with Gasteiger partial charge in [-0.15, -0.1) is 0 Å². The number of nitrogens with zero attached hydrogens (tertiary/aromatic N) is 2. The Morgan fingerprint density at radius 1 is 1.27 bits per heavy atom. The number of hydrogen-bond acceptors (Lipinski definition) is 5. The second-order valence-corrected chi connectivity index (χ2v) is 5.42. The van der Waals surface area contributed by atoms with E-state index in [4.69, 9.17) is 11.5 Å². The molecule has 0 unspecified atom stereocenters. The number of fused-ring (bicyclic) bond motifs is 1. The van der Waals surface area contributed by atoms with Crippen LogP contribution < -0.4 is 11.5 Å². The van der Waals surface area contributed by atoms with Crippen LogP contribution in [0.25, 0.3) is 0 Å². The fourth-order valence-electron chi connectivity index (χ4n) is 1.87. The highest BCUT2D eigenvalue weighted by molar-refractivity contribution is 7.98. The lowest BCUT2D eigenvalue weighted by Gasteiger charge is -2.18. The Labute approximate surface area is 92.9 Å². The average Bonchev–Trinajstić information content (AvgIpc) is 2.98. The lowest BCUT2D eigenvalue weighted by molar-refractivity contribution is 0.665. The summed E-state index contributed by atoms with van der Waals surface area (Å²) >= 11 is 1.90. The minimum Gasteiger partial charge on any atom is -0.383 e. The number of hydrogen-bond donors (Lipinski definition) is 2. The quantitative estimate of drug-likeness (QED) is 0.734. The monoisotopic (exact) mass is 222 g/mol. The molecule has 1 aliphatic heterocycles. The van der Waals surface area contributed by atoms with Crippen molar-refractivity contribution >= 4 is 17.6 Å². The topological polar surface area (TPSA) is 77.8 Å². The maximum Gasteiger partial charge on any atom is 0.150 e. The Balaban J connectivity index is 2.08. The van der Waals surface area contributed by atoms with E-state index >= 15 is 0 Å². The van der Waals surface area contributed by atoms with E-state index in [1.165, 1.54) is 0 Å². The van der Waals surface area contributed by atoms with Gasteiger partial charge in [0, 0.05) is 11.3 Å². The highest BCUT2D eigenvalue weighted by Gasteiger charge is 2.43. The summed E-state index contributed by atoms with van der Waals surface area (Å²) in [6.07, 6.45) is 2.96. The lowest BCUT2D eigenvalue weighted by atomic mass is 10.1. The second kappa shape index (κ2) is 3.09. The molecule has 0 bridgehead atoms. The first-order valence-corrected chi connectivity index (χ1v) is 6.37. The molecule has 0 spiro atoms. The Morgan fingerprint density at radius 3 is 2.80 bits per heavy atom. The van der Waals surface area contributed by atoms with Crippen LogP contribution in [0.1, 0.15) is 29.9 Å². The van der Waals surface area contributed by atoms with Gasteiger partial charge in [0.15, 0.2) is 5.82 Å². The van der Waals surface area contributed by atoms with Gasteiger partial charge in [-0.1, -0.05) is 0 Å². The average molecular weight is 222 g/mol. The van der Waals surface area contributed by atoms with Gasteiger partial charge in [0.25, 0.3) is 0 Å². The van der Waals surface area contributed by atoms with E-state index in [1.807, 2.05) is 11.8 Å². The van der Waals surface area contributed by atoms with Gasteiger partial charge in [0.2, 0.25) is 0 Å². The van der Waals surface area contributed by atoms with E-state index in [9.17, 15) is 0 Å². The third-order valence-electron chi connectivity index (χ3n) is 3.09. The molecule has 0 radical (unpaired) electrons. The van der Waals surface area contributed by atoms with Gasteiger partial charge in [0.1, 0.15) is 5.82 Å². The predicted molar refractivity (Wildman–Crippen MR) is 61.4 cm³/mol. The first-order valence-electron chi connectivity index (χ1n) is 5.21. The molecule has 1 aromatic rings. The van der Waals surface area contributed by atoms with Crippen molar-refractivity contribution in [3.8, 4) is 0 Å². The predicted octanol–water partition coefficient (Wildman–Crippen LogP) is 0.796. The minimum atomic E-state index is -0.273. The molecule has 0 aromatic carbocycles. The molecule has 4 nitrogen and oxygen atoms in total. The van der Waals surface area contributed by atoms with E-state index < -0.39 is 0 Å². The smallest absolute Gasteiger partial charge is 0.150 e. The molecule has 4 N–H and O–H groups in total. The van der Waals surface area contributed by atoms with Crippen LogP contribution in [0.2, 0.25) is 0 Å². The molecule has 3 rings (SSSR count). The molecular formula is C10H14N4S. The van der Waals surface area contributed by atoms with Gasteiger partial charge in [0.05, 0.1) is 11.2 Å². The normalized spacial score (nSPS) is 22.2. The van der Waals surface area contributed by atoms with Crippen molar-refractivity contribution in [2.24, 2.45) is 5.73 Å². The SMILES string of the molecule is Nc1nc(C2(N)CC2)nc2c1CCSC2. The van der Waals surface area contributed by atoms with Crippen molar-refractivity contribution in [2.45, 2.75) is 30.6 Å². The molecule has 15 heavy (non-hydrogen) atoms. The van der Waals surface area contributed by atoms with Crippen molar-refractivity contribution in [1.82, 2.24) is 9.97 Å². The number of nitrogen functional groups attached to an aromatic ring is 1. The summed E-state index contributed by atoms with van der Waals surface area (Å²) in [5.74, 6) is 3.46. The molecule has 1 aromatic heterocycles. The minimum absolute atomic E-state index is 0.273. The van der Waals surface area contributed by atoms with Crippen LogP contribution in [0, 0.1) is 0 Å². The molecule has 80 valence electrons. The number of thioether (sulfide) groups is 1.